The molecule has 0 spiro atoms. The first kappa shape index (κ1) is 26.0. The SMILES string of the molecule is COc1cc(-c2c3c(nc4sc(C(=O)NCc5ccc6c(c5)OCO6)c(N)c24)CCN(C)C3)cc(OC)c1OC. The molecule has 2 aliphatic rings. The molecule has 4 heterocycles. The lowest BCUT2D eigenvalue weighted by atomic mass is 9.91. The third-order valence-electron chi connectivity index (χ3n) is 7.27. The number of rotatable bonds is 7. The molecule has 10 nitrogen and oxygen atoms in total. The van der Waals surface area contributed by atoms with Gasteiger partial charge in [0, 0.05) is 42.7 Å². The van der Waals surface area contributed by atoms with Gasteiger partial charge in [-0.15, -0.1) is 11.3 Å². The number of nitrogens with one attached hydrogen (secondary N) is 1. The number of nitrogens with two attached hydrogens (primary N) is 1. The van der Waals surface area contributed by atoms with Gasteiger partial charge in [-0.3, -0.25) is 4.79 Å². The van der Waals surface area contributed by atoms with Crippen molar-refractivity contribution in [2.24, 2.45) is 0 Å². The summed E-state index contributed by atoms with van der Waals surface area (Å²) in [7, 11) is 6.84. The van der Waals surface area contributed by atoms with Gasteiger partial charge in [0.15, 0.2) is 23.0 Å². The maximum atomic E-state index is 13.4. The lowest BCUT2D eigenvalue weighted by molar-refractivity contribution is 0.0955. The number of aromatic nitrogens is 1. The Morgan fingerprint density at radius 1 is 1.10 bits per heavy atom. The Balaban J connectivity index is 1.44. The summed E-state index contributed by atoms with van der Waals surface area (Å²) in [6, 6.07) is 9.44. The van der Waals surface area contributed by atoms with Crippen LogP contribution in [0.5, 0.6) is 28.7 Å². The molecule has 11 heteroatoms. The van der Waals surface area contributed by atoms with Gasteiger partial charge < -0.3 is 39.6 Å². The quantitative estimate of drug-likeness (QED) is 0.341. The molecule has 2 aliphatic heterocycles. The number of fused-ring (bicyclic) bond motifs is 3. The number of methoxy groups -OCH3 is 3. The van der Waals surface area contributed by atoms with Gasteiger partial charge in [0.05, 0.1) is 27.0 Å². The van der Waals surface area contributed by atoms with E-state index in [2.05, 4.69) is 17.3 Å². The van der Waals surface area contributed by atoms with Crippen LogP contribution in [0.1, 0.15) is 26.5 Å². The number of ether oxygens (including phenoxy) is 5. The van der Waals surface area contributed by atoms with Crippen molar-refractivity contribution in [1.82, 2.24) is 15.2 Å². The van der Waals surface area contributed by atoms with Crippen LogP contribution in [0, 0.1) is 0 Å². The Bertz CT molecular complexity index is 1610. The summed E-state index contributed by atoms with van der Waals surface area (Å²) in [5.74, 6) is 2.69. The summed E-state index contributed by atoms with van der Waals surface area (Å²) in [6.45, 7) is 2.11. The molecule has 3 N–H and O–H groups in total. The second kappa shape index (κ2) is 10.4. The smallest absolute Gasteiger partial charge is 0.263 e. The largest absolute Gasteiger partial charge is 0.493 e. The predicted molar refractivity (Wildman–Crippen MR) is 153 cm³/mol. The van der Waals surface area contributed by atoms with E-state index in [4.69, 9.17) is 34.4 Å². The number of benzene rings is 2. The zero-order valence-electron chi connectivity index (χ0n) is 22.8. The molecule has 0 saturated heterocycles. The second-order valence-electron chi connectivity index (χ2n) is 9.71. The summed E-state index contributed by atoms with van der Waals surface area (Å²) < 4.78 is 27.7. The molecule has 0 radical (unpaired) electrons. The van der Waals surface area contributed by atoms with Crippen molar-refractivity contribution in [3.63, 3.8) is 0 Å². The highest BCUT2D eigenvalue weighted by Crippen LogP contribution is 2.47. The van der Waals surface area contributed by atoms with Gasteiger partial charge in [0.25, 0.3) is 5.91 Å². The number of likely N-dealkylation sites (N-methyl/N-ethyl adjacent to an activating group) is 1. The van der Waals surface area contributed by atoms with Crippen LogP contribution < -0.4 is 34.7 Å². The van der Waals surface area contributed by atoms with E-state index in [9.17, 15) is 4.79 Å². The van der Waals surface area contributed by atoms with Crippen molar-refractivity contribution in [2.75, 3.05) is 47.4 Å². The van der Waals surface area contributed by atoms with E-state index in [0.29, 0.717) is 52.4 Å². The third-order valence-corrected chi connectivity index (χ3v) is 8.37. The first-order valence-electron chi connectivity index (χ1n) is 12.8. The molecule has 208 valence electrons. The lowest BCUT2D eigenvalue weighted by Gasteiger charge is -2.27. The molecule has 6 rings (SSSR count). The van der Waals surface area contributed by atoms with Crippen molar-refractivity contribution in [2.45, 2.75) is 19.5 Å². The molecule has 0 saturated carbocycles. The topological polar surface area (TPSA) is 117 Å². The highest BCUT2D eigenvalue weighted by Gasteiger charge is 2.28. The molecule has 1 amide bonds. The summed E-state index contributed by atoms with van der Waals surface area (Å²) in [4.78, 5) is 21.8. The van der Waals surface area contributed by atoms with Crippen LogP contribution in [0.15, 0.2) is 30.3 Å². The van der Waals surface area contributed by atoms with E-state index in [1.165, 1.54) is 11.3 Å². The van der Waals surface area contributed by atoms with Crippen molar-refractivity contribution in [1.29, 1.82) is 0 Å². The highest BCUT2D eigenvalue weighted by atomic mass is 32.1. The molecule has 0 atom stereocenters. The minimum absolute atomic E-state index is 0.199. The number of carbonyl (C=O) groups excluding carboxylic acids is 1. The van der Waals surface area contributed by atoms with Crippen LogP contribution in [0.3, 0.4) is 0 Å². The minimum atomic E-state index is -0.260. The summed E-state index contributed by atoms with van der Waals surface area (Å²) in [5.41, 5.74) is 11.9. The van der Waals surface area contributed by atoms with Crippen molar-refractivity contribution < 1.29 is 28.5 Å². The van der Waals surface area contributed by atoms with Crippen LogP contribution in [0.2, 0.25) is 0 Å². The summed E-state index contributed by atoms with van der Waals surface area (Å²) >= 11 is 1.30. The van der Waals surface area contributed by atoms with E-state index >= 15 is 0 Å². The van der Waals surface area contributed by atoms with Gasteiger partial charge in [0.2, 0.25) is 12.5 Å². The third kappa shape index (κ3) is 4.40. The first-order chi connectivity index (χ1) is 19.4. The standard InChI is InChI=1S/C29H30N4O6S/c1-33-8-7-18-17(13-33)23(16-10-21(35-2)26(37-4)22(11-16)36-3)24-25(30)27(40-29(24)32-18)28(34)31-12-15-5-6-19-20(9-15)39-14-38-19/h5-6,9-11H,7-8,12-14,30H2,1-4H3,(H,31,34). The van der Waals surface area contributed by atoms with Crippen LogP contribution in [0.25, 0.3) is 21.3 Å². The van der Waals surface area contributed by atoms with Crippen LogP contribution in [-0.4, -0.2) is 57.5 Å². The Kier molecular flexibility index (Phi) is 6.77. The molecule has 2 aromatic carbocycles. The molecule has 0 fully saturated rings. The van der Waals surface area contributed by atoms with Crippen LogP contribution in [0.4, 0.5) is 5.69 Å². The number of carbonyl (C=O) groups is 1. The zero-order chi connectivity index (χ0) is 28.0. The predicted octanol–water partition coefficient (Wildman–Crippen LogP) is 4.22. The van der Waals surface area contributed by atoms with Crippen molar-refractivity contribution in [3.05, 3.63) is 52.0 Å². The van der Waals surface area contributed by atoms with E-state index < -0.39 is 0 Å². The van der Waals surface area contributed by atoms with E-state index in [-0.39, 0.29) is 12.7 Å². The Hall–Kier alpha value is -4.22. The number of anilines is 1. The number of amides is 1. The normalized spacial score (nSPS) is 14.2. The fourth-order valence-corrected chi connectivity index (χ4v) is 6.33. The number of thiophene rings is 1. The molecule has 4 aromatic rings. The fourth-order valence-electron chi connectivity index (χ4n) is 5.29. The minimum Gasteiger partial charge on any atom is -0.493 e. The van der Waals surface area contributed by atoms with Gasteiger partial charge in [-0.25, -0.2) is 4.98 Å². The van der Waals surface area contributed by atoms with E-state index in [0.717, 1.165) is 51.1 Å². The van der Waals surface area contributed by atoms with Gasteiger partial charge in [-0.1, -0.05) is 6.07 Å². The molecule has 40 heavy (non-hydrogen) atoms. The Morgan fingerprint density at radius 3 is 2.58 bits per heavy atom. The second-order valence-corrected chi connectivity index (χ2v) is 10.7. The first-order valence-corrected chi connectivity index (χ1v) is 13.6. The van der Waals surface area contributed by atoms with E-state index in [1.807, 2.05) is 30.3 Å². The number of nitrogens with zero attached hydrogens (tertiary/aromatic N) is 2. The molecule has 0 aliphatic carbocycles. The van der Waals surface area contributed by atoms with Crippen molar-refractivity contribution >= 4 is 33.1 Å². The van der Waals surface area contributed by atoms with E-state index in [1.54, 1.807) is 21.3 Å². The monoisotopic (exact) mass is 562 g/mol. The highest BCUT2D eigenvalue weighted by molar-refractivity contribution is 7.21. The van der Waals surface area contributed by atoms with Gasteiger partial charge >= 0.3 is 0 Å². The van der Waals surface area contributed by atoms with Gasteiger partial charge in [-0.05, 0) is 48.0 Å². The zero-order valence-corrected chi connectivity index (χ0v) is 23.6. The molecular weight excluding hydrogens is 532 g/mol. The van der Waals surface area contributed by atoms with Gasteiger partial charge in [0.1, 0.15) is 9.71 Å². The number of hydrogen-bond acceptors (Lipinski definition) is 10. The van der Waals surface area contributed by atoms with Crippen molar-refractivity contribution in [3.8, 4) is 39.9 Å². The molecule has 0 bridgehead atoms. The number of nitrogen functional groups attached to an aromatic ring is 1. The number of hydrogen-bond donors (Lipinski definition) is 2. The molecular formula is C29H30N4O6S. The Labute approximate surface area is 235 Å². The average molecular weight is 563 g/mol. The van der Waals surface area contributed by atoms with Gasteiger partial charge in [-0.2, -0.15) is 0 Å². The summed E-state index contributed by atoms with van der Waals surface area (Å²) in [5, 5.41) is 3.75. The average Bonchev–Trinajstić information content (AvgIpc) is 3.57. The maximum absolute atomic E-state index is 13.4. The summed E-state index contributed by atoms with van der Waals surface area (Å²) in [6.07, 6.45) is 0.794. The Morgan fingerprint density at radius 2 is 1.85 bits per heavy atom. The van der Waals surface area contributed by atoms with Crippen LogP contribution in [-0.2, 0) is 19.5 Å². The lowest BCUT2D eigenvalue weighted by Crippen LogP contribution is -2.28. The molecule has 2 aromatic heterocycles. The maximum Gasteiger partial charge on any atom is 0.263 e. The fraction of sp³-hybridized carbons (Fsp3) is 0.310. The number of pyridine rings is 1. The molecule has 0 unspecified atom stereocenters. The van der Waals surface area contributed by atoms with Crippen LogP contribution >= 0.6 is 11.3 Å².